The van der Waals surface area contributed by atoms with Gasteiger partial charge in [-0.15, -0.1) is 5.10 Å². The molecule has 4 aromatic rings. The number of nitrogens with one attached hydrogen (secondary N) is 2. The lowest BCUT2D eigenvalue weighted by Gasteiger charge is -2.17. The van der Waals surface area contributed by atoms with Gasteiger partial charge in [-0.05, 0) is 40.3 Å². The van der Waals surface area contributed by atoms with E-state index in [1.165, 1.54) is 30.4 Å². The quantitative estimate of drug-likeness (QED) is 0.245. The third-order valence-corrected chi connectivity index (χ3v) is 6.17. The van der Waals surface area contributed by atoms with Gasteiger partial charge in [0.1, 0.15) is 17.2 Å². The van der Waals surface area contributed by atoms with Gasteiger partial charge in [-0.3, -0.25) is 9.59 Å². The molecule has 0 radical (unpaired) electrons. The van der Waals surface area contributed by atoms with Crippen LogP contribution in [0.2, 0.25) is 5.02 Å². The first-order valence-corrected chi connectivity index (χ1v) is 12.0. The number of amides is 2. The minimum absolute atomic E-state index is 0.207. The van der Waals surface area contributed by atoms with Crippen LogP contribution in [-0.4, -0.2) is 56.1 Å². The van der Waals surface area contributed by atoms with Crippen LogP contribution in [0.3, 0.4) is 0 Å². The molecule has 0 aliphatic carbocycles. The fourth-order valence-electron chi connectivity index (χ4n) is 3.30. The molecule has 0 spiro atoms. The number of esters is 1. The number of carbonyl (C=O) groups excluding carboxylic acids is 3. The van der Waals surface area contributed by atoms with Crippen LogP contribution in [0.4, 0.5) is 5.13 Å². The van der Waals surface area contributed by atoms with Crippen LogP contribution in [0.15, 0.2) is 67.1 Å². The second-order valence-corrected chi connectivity index (χ2v) is 9.02. The Hall–Kier alpha value is -4.42. The van der Waals surface area contributed by atoms with E-state index in [4.69, 9.17) is 11.6 Å². The summed E-state index contributed by atoms with van der Waals surface area (Å²) in [6, 6.07) is 13.4. The fraction of sp³-hybridized carbons (Fsp3) is 0.125. The maximum absolute atomic E-state index is 13.1. The molecule has 11 nitrogen and oxygen atoms in total. The number of thiazole rings is 1. The van der Waals surface area contributed by atoms with Gasteiger partial charge in [0.2, 0.25) is 11.8 Å². The average molecular weight is 538 g/mol. The van der Waals surface area contributed by atoms with E-state index in [-0.39, 0.29) is 16.4 Å². The van der Waals surface area contributed by atoms with Gasteiger partial charge in [-0.25, -0.2) is 9.78 Å². The third-order valence-electron chi connectivity index (χ3n) is 5.04. The molecule has 2 aromatic heterocycles. The van der Waals surface area contributed by atoms with E-state index in [2.05, 4.69) is 35.9 Å². The first-order valence-electron chi connectivity index (χ1n) is 10.8. The van der Waals surface area contributed by atoms with Gasteiger partial charge in [0.15, 0.2) is 5.13 Å². The van der Waals surface area contributed by atoms with Crippen molar-refractivity contribution in [1.82, 2.24) is 30.5 Å². The molecule has 2 N–H and O–H groups in total. The molecular formula is C24H20ClN7O4S. The number of hydrogen-bond donors (Lipinski definition) is 2. The van der Waals surface area contributed by atoms with Crippen molar-refractivity contribution in [2.24, 2.45) is 0 Å². The van der Waals surface area contributed by atoms with Crippen molar-refractivity contribution >= 4 is 51.9 Å². The molecule has 1 atom stereocenters. The number of aromatic nitrogens is 5. The Kier molecular flexibility index (Phi) is 8.33. The van der Waals surface area contributed by atoms with Crippen LogP contribution >= 0.6 is 22.9 Å². The monoisotopic (exact) mass is 537 g/mol. The molecule has 37 heavy (non-hydrogen) atoms. The number of halogens is 1. The van der Waals surface area contributed by atoms with Crippen molar-refractivity contribution in [2.45, 2.75) is 12.5 Å². The number of carbonyl (C=O) groups is 3. The summed E-state index contributed by atoms with van der Waals surface area (Å²) < 4.78 is 6.11. The van der Waals surface area contributed by atoms with Gasteiger partial charge in [0.25, 0.3) is 0 Å². The number of ether oxygens (including phenoxy) is 1. The topological polar surface area (TPSA) is 141 Å². The van der Waals surface area contributed by atoms with Crippen LogP contribution in [-0.2, 0) is 20.7 Å². The third kappa shape index (κ3) is 6.84. The lowest BCUT2D eigenvalue weighted by Crippen LogP contribution is -2.44. The Bertz CT molecular complexity index is 1420. The average Bonchev–Trinajstić information content (AvgIpc) is 3.60. The number of tetrazole rings is 1. The first kappa shape index (κ1) is 25.7. The van der Waals surface area contributed by atoms with E-state index < -0.39 is 23.8 Å². The molecule has 13 heteroatoms. The van der Waals surface area contributed by atoms with Crippen molar-refractivity contribution in [3.05, 3.63) is 88.2 Å². The number of rotatable bonds is 9. The molecule has 2 aromatic carbocycles. The maximum atomic E-state index is 13.1. The largest absolute Gasteiger partial charge is 0.465 e. The van der Waals surface area contributed by atoms with E-state index in [9.17, 15) is 14.4 Å². The summed E-state index contributed by atoms with van der Waals surface area (Å²) in [6.07, 6.45) is 5.81. The summed E-state index contributed by atoms with van der Waals surface area (Å²) in [4.78, 5) is 41.9. The van der Waals surface area contributed by atoms with Crippen LogP contribution in [0, 0.1) is 0 Å². The lowest BCUT2D eigenvalue weighted by molar-refractivity contribution is -0.123. The zero-order valence-electron chi connectivity index (χ0n) is 19.4. The van der Waals surface area contributed by atoms with Gasteiger partial charge in [0.05, 0.1) is 19.0 Å². The summed E-state index contributed by atoms with van der Waals surface area (Å²) >= 11 is 7.11. The highest BCUT2D eigenvalue weighted by atomic mass is 35.5. The van der Waals surface area contributed by atoms with Gasteiger partial charge >= 0.3 is 5.97 Å². The van der Waals surface area contributed by atoms with Gasteiger partial charge in [0, 0.05) is 23.1 Å². The molecule has 2 heterocycles. The van der Waals surface area contributed by atoms with Gasteiger partial charge in [-0.1, -0.05) is 53.3 Å². The summed E-state index contributed by atoms with van der Waals surface area (Å²) in [5.41, 5.74) is 2.05. The number of anilines is 1. The fourth-order valence-corrected chi connectivity index (χ4v) is 4.22. The molecule has 2 amide bonds. The normalized spacial score (nSPS) is 11.7. The lowest BCUT2D eigenvalue weighted by atomic mass is 10.1. The number of benzene rings is 2. The Morgan fingerprint density at radius 3 is 2.73 bits per heavy atom. The van der Waals surface area contributed by atoms with Crippen LogP contribution in [0.25, 0.3) is 11.8 Å². The molecule has 0 saturated heterocycles. The SMILES string of the molecule is COC(=O)c1cnc(NC(=O)[C@H](Cc2ccccc2)NC(=O)C=Cc2cc(Cl)ccc2-n2cnnn2)s1. The highest BCUT2D eigenvalue weighted by Gasteiger charge is 2.22. The molecule has 4 rings (SSSR count). The molecule has 0 bridgehead atoms. The smallest absolute Gasteiger partial charge is 0.349 e. The first-order chi connectivity index (χ1) is 17.9. The Balaban J connectivity index is 1.51. The summed E-state index contributed by atoms with van der Waals surface area (Å²) in [5, 5.41) is 17.2. The minimum Gasteiger partial charge on any atom is -0.465 e. The summed E-state index contributed by atoms with van der Waals surface area (Å²) in [7, 11) is 1.26. The van der Waals surface area contributed by atoms with Crippen molar-refractivity contribution in [2.75, 3.05) is 12.4 Å². The van der Waals surface area contributed by atoms with E-state index in [1.807, 2.05) is 30.3 Å². The summed E-state index contributed by atoms with van der Waals surface area (Å²) in [6.45, 7) is 0. The van der Waals surface area contributed by atoms with Gasteiger partial charge < -0.3 is 15.4 Å². The van der Waals surface area contributed by atoms with Crippen LogP contribution < -0.4 is 10.6 Å². The predicted molar refractivity (Wildman–Crippen MR) is 137 cm³/mol. The molecule has 0 saturated carbocycles. The van der Waals surface area contributed by atoms with E-state index in [0.29, 0.717) is 16.3 Å². The molecule has 0 aliphatic heterocycles. The number of nitrogens with zero attached hydrogens (tertiary/aromatic N) is 5. The van der Waals surface area contributed by atoms with Crippen molar-refractivity contribution in [3.8, 4) is 5.69 Å². The Morgan fingerprint density at radius 2 is 2.00 bits per heavy atom. The highest BCUT2D eigenvalue weighted by molar-refractivity contribution is 7.17. The van der Waals surface area contributed by atoms with E-state index in [1.54, 1.807) is 24.3 Å². The second kappa shape index (κ2) is 12.0. The summed E-state index contributed by atoms with van der Waals surface area (Å²) in [5.74, 6) is -1.55. The molecule has 0 aliphatic rings. The molecule has 188 valence electrons. The second-order valence-electron chi connectivity index (χ2n) is 7.55. The highest BCUT2D eigenvalue weighted by Crippen LogP contribution is 2.21. The van der Waals surface area contributed by atoms with Crippen molar-refractivity contribution in [3.63, 3.8) is 0 Å². The van der Waals surface area contributed by atoms with Crippen molar-refractivity contribution in [1.29, 1.82) is 0 Å². The standard InChI is InChI=1S/C24H20ClN7O4S/c1-36-23(35)20-13-26-24(37-20)29-22(34)18(11-15-5-3-2-4-6-15)28-21(33)10-7-16-12-17(25)8-9-19(16)32-14-27-30-31-32/h2-10,12-14,18H,11H2,1H3,(H,28,33)(H,26,29,34)/t18-/m0/s1. The van der Waals surface area contributed by atoms with E-state index in [0.717, 1.165) is 16.9 Å². The van der Waals surface area contributed by atoms with Crippen molar-refractivity contribution < 1.29 is 19.1 Å². The molecule has 0 fully saturated rings. The number of hydrogen-bond acceptors (Lipinski definition) is 9. The van der Waals surface area contributed by atoms with Crippen LogP contribution in [0.1, 0.15) is 20.8 Å². The minimum atomic E-state index is -0.927. The zero-order chi connectivity index (χ0) is 26.2. The predicted octanol–water partition coefficient (Wildman–Crippen LogP) is 2.94. The molecular weight excluding hydrogens is 518 g/mol. The zero-order valence-corrected chi connectivity index (χ0v) is 20.9. The van der Waals surface area contributed by atoms with Crippen LogP contribution in [0.5, 0.6) is 0 Å². The van der Waals surface area contributed by atoms with E-state index >= 15 is 0 Å². The van der Waals surface area contributed by atoms with Gasteiger partial charge in [-0.2, -0.15) is 4.68 Å². The molecule has 0 unspecified atom stereocenters. The maximum Gasteiger partial charge on any atom is 0.349 e. The Morgan fingerprint density at radius 1 is 1.19 bits per heavy atom. The Labute approximate surface area is 220 Å². The number of methoxy groups -OCH3 is 1.